The van der Waals surface area contributed by atoms with Crippen molar-refractivity contribution in [3.05, 3.63) is 29.8 Å². The van der Waals surface area contributed by atoms with Crippen LogP contribution in [0.4, 0.5) is 0 Å². The van der Waals surface area contributed by atoms with Crippen LogP contribution in [0.5, 0.6) is 0 Å². The smallest absolute Gasteiger partial charge is 0.358 e. The largest absolute Gasteiger partial charge is 0.476 e. The Morgan fingerprint density at radius 3 is 2.95 bits per heavy atom. The fourth-order valence-corrected chi connectivity index (χ4v) is 2.40. The van der Waals surface area contributed by atoms with Crippen LogP contribution in [0, 0.1) is 0 Å². The number of carbonyl (C=O) groups is 1. The van der Waals surface area contributed by atoms with E-state index in [1.807, 2.05) is 16.9 Å². The molecule has 8 heteroatoms. The average molecular weight is 276 g/mol. The summed E-state index contributed by atoms with van der Waals surface area (Å²) in [5.74, 6) is -1.04. The maximum atomic E-state index is 10.8. The van der Waals surface area contributed by atoms with Crippen molar-refractivity contribution in [1.82, 2.24) is 29.7 Å². The zero-order valence-electron chi connectivity index (χ0n) is 11.2. The zero-order chi connectivity index (χ0) is 14.1. The first kappa shape index (κ1) is 12.8. The number of aryl methyl sites for hydroxylation is 1. The number of likely N-dealkylation sites (tertiary alicyclic amines) is 1. The molecule has 20 heavy (non-hydrogen) atoms. The van der Waals surface area contributed by atoms with E-state index in [2.05, 4.69) is 27.2 Å². The lowest BCUT2D eigenvalue weighted by molar-refractivity contribution is 0.0690. The maximum absolute atomic E-state index is 10.8. The summed E-state index contributed by atoms with van der Waals surface area (Å²) in [5, 5.41) is 20.6. The minimum Gasteiger partial charge on any atom is -0.476 e. The van der Waals surface area contributed by atoms with Crippen LogP contribution in [0.25, 0.3) is 0 Å². The van der Waals surface area contributed by atoms with Crippen molar-refractivity contribution in [2.24, 2.45) is 0 Å². The zero-order valence-corrected chi connectivity index (χ0v) is 11.2. The van der Waals surface area contributed by atoms with Crippen molar-refractivity contribution in [1.29, 1.82) is 0 Å². The number of nitrogens with zero attached hydrogens (tertiary/aromatic N) is 6. The van der Waals surface area contributed by atoms with Gasteiger partial charge in [0.25, 0.3) is 0 Å². The number of carboxylic acid groups (broad SMARTS) is 1. The molecule has 0 aromatic carbocycles. The van der Waals surface area contributed by atoms with E-state index in [9.17, 15) is 4.79 Å². The first-order valence-corrected chi connectivity index (χ1v) is 6.55. The molecule has 0 atom stereocenters. The molecular formula is C12H16N6O2. The predicted molar refractivity (Wildman–Crippen MR) is 69.2 cm³/mol. The van der Waals surface area contributed by atoms with Gasteiger partial charge in [0, 0.05) is 32.4 Å². The molecule has 0 bridgehead atoms. The van der Waals surface area contributed by atoms with Gasteiger partial charge in [0.15, 0.2) is 5.69 Å². The quantitative estimate of drug-likeness (QED) is 0.842. The molecule has 2 aromatic rings. The molecule has 2 aromatic heterocycles. The van der Waals surface area contributed by atoms with Crippen LogP contribution in [0.15, 0.2) is 18.5 Å². The summed E-state index contributed by atoms with van der Waals surface area (Å²) < 4.78 is 3.61. The summed E-state index contributed by atoms with van der Waals surface area (Å²) >= 11 is 0. The van der Waals surface area contributed by atoms with Gasteiger partial charge in [0.1, 0.15) is 0 Å². The van der Waals surface area contributed by atoms with Gasteiger partial charge >= 0.3 is 5.97 Å². The highest BCUT2D eigenvalue weighted by Crippen LogP contribution is 2.22. The molecule has 1 N–H and O–H groups in total. The fraction of sp³-hybridized carbons (Fsp3) is 0.500. The molecule has 0 unspecified atom stereocenters. The fourth-order valence-electron chi connectivity index (χ4n) is 2.40. The van der Waals surface area contributed by atoms with Crippen LogP contribution in [-0.4, -0.2) is 53.8 Å². The van der Waals surface area contributed by atoms with E-state index in [0.717, 1.165) is 26.2 Å². The number of aromatic carboxylic acids is 1. The molecule has 1 fully saturated rings. The van der Waals surface area contributed by atoms with Crippen LogP contribution in [-0.2, 0) is 13.1 Å². The summed E-state index contributed by atoms with van der Waals surface area (Å²) in [5.41, 5.74) is 1.18. The van der Waals surface area contributed by atoms with Gasteiger partial charge in [-0.15, -0.1) is 5.10 Å². The molecule has 0 aliphatic carbocycles. The molecule has 3 heterocycles. The molecule has 3 rings (SSSR count). The second-order valence-electron chi connectivity index (χ2n) is 4.88. The van der Waals surface area contributed by atoms with E-state index in [4.69, 9.17) is 5.11 Å². The first-order valence-electron chi connectivity index (χ1n) is 6.55. The third-order valence-electron chi connectivity index (χ3n) is 3.53. The molecule has 106 valence electrons. The number of carboxylic acids is 1. The Labute approximate surface area is 115 Å². The Hall–Kier alpha value is -2.22. The summed E-state index contributed by atoms with van der Waals surface area (Å²) in [6, 6.07) is 2.23. The van der Waals surface area contributed by atoms with Gasteiger partial charge < -0.3 is 5.11 Å². The van der Waals surface area contributed by atoms with E-state index >= 15 is 0 Å². The highest BCUT2D eigenvalue weighted by atomic mass is 16.4. The normalized spacial score (nSPS) is 16.2. The number of aromatic nitrogens is 5. The van der Waals surface area contributed by atoms with E-state index in [1.54, 1.807) is 4.68 Å². The van der Waals surface area contributed by atoms with Crippen LogP contribution in [0.2, 0.25) is 0 Å². The minimum atomic E-state index is -1.04. The van der Waals surface area contributed by atoms with E-state index in [1.165, 1.54) is 11.9 Å². The standard InChI is InChI=1S/C12H16N6O2/c1-2-17-9(3-4-13-17)5-16-6-10(7-16)18-8-11(12(19)20)14-15-18/h3-4,8,10H,2,5-7H2,1H3,(H,19,20). The van der Waals surface area contributed by atoms with Gasteiger partial charge in [-0.3, -0.25) is 9.58 Å². The molecule has 1 saturated heterocycles. The van der Waals surface area contributed by atoms with Crippen LogP contribution in [0.1, 0.15) is 29.1 Å². The van der Waals surface area contributed by atoms with Crippen LogP contribution < -0.4 is 0 Å². The third-order valence-corrected chi connectivity index (χ3v) is 3.53. The van der Waals surface area contributed by atoms with Crippen molar-refractivity contribution in [2.75, 3.05) is 13.1 Å². The Bertz CT molecular complexity index is 613. The van der Waals surface area contributed by atoms with Gasteiger partial charge in [0.05, 0.1) is 17.9 Å². The molecule has 1 aliphatic heterocycles. The number of hydrogen-bond donors (Lipinski definition) is 1. The number of hydrogen-bond acceptors (Lipinski definition) is 5. The van der Waals surface area contributed by atoms with E-state index < -0.39 is 5.97 Å². The Kier molecular flexibility index (Phi) is 3.23. The van der Waals surface area contributed by atoms with Crippen molar-refractivity contribution in [3.8, 4) is 0 Å². The maximum Gasteiger partial charge on any atom is 0.358 e. The molecule has 0 amide bonds. The SMILES string of the molecule is CCn1nccc1CN1CC(n2cc(C(=O)O)nn2)C1. The highest BCUT2D eigenvalue weighted by molar-refractivity contribution is 5.84. The lowest BCUT2D eigenvalue weighted by atomic mass is 10.1. The Morgan fingerprint density at radius 2 is 2.30 bits per heavy atom. The Balaban J connectivity index is 1.57. The van der Waals surface area contributed by atoms with Crippen molar-refractivity contribution < 1.29 is 9.90 Å². The van der Waals surface area contributed by atoms with Gasteiger partial charge in [-0.2, -0.15) is 5.10 Å². The molecular weight excluding hydrogens is 260 g/mol. The third kappa shape index (κ3) is 2.29. The summed E-state index contributed by atoms with van der Waals surface area (Å²) in [6.45, 7) is 5.47. The molecule has 0 spiro atoms. The predicted octanol–water partition coefficient (Wildman–Crippen LogP) is 0.250. The molecule has 1 aliphatic rings. The average Bonchev–Trinajstić information content (AvgIpc) is 3.01. The monoisotopic (exact) mass is 276 g/mol. The second-order valence-corrected chi connectivity index (χ2v) is 4.88. The van der Waals surface area contributed by atoms with Gasteiger partial charge in [-0.05, 0) is 13.0 Å². The lowest BCUT2D eigenvalue weighted by Crippen LogP contribution is -2.47. The molecule has 0 saturated carbocycles. The highest BCUT2D eigenvalue weighted by Gasteiger charge is 2.30. The molecule has 8 nitrogen and oxygen atoms in total. The summed E-state index contributed by atoms with van der Waals surface area (Å²) in [4.78, 5) is 13.0. The Morgan fingerprint density at radius 1 is 1.50 bits per heavy atom. The number of rotatable bonds is 5. The van der Waals surface area contributed by atoms with Crippen LogP contribution >= 0.6 is 0 Å². The topological polar surface area (TPSA) is 89.1 Å². The minimum absolute atomic E-state index is 0.00694. The second kappa shape index (κ2) is 5.04. The molecule has 0 radical (unpaired) electrons. The van der Waals surface area contributed by atoms with Crippen molar-refractivity contribution >= 4 is 5.97 Å². The van der Waals surface area contributed by atoms with Gasteiger partial charge in [-0.1, -0.05) is 5.21 Å². The summed E-state index contributed by atoms with van der Waals surface area (Å²) in [6.07, 6.45) is 3.30. The van der Waals surface area contributed by atoms with Crippen molar-refractivity contribution in [3.63, 3.8) is 0 Å². The first-order chi connectivity index (χ1) is 9.67. The van der Waals surface area contributed by atoms with E-state index in [0.29, 0.717) is 0 Å². The van der Waals surface area contributed by atoms with Gasteiger partial charge in [0.2, 0.25) is 0 Å². The van der Waals surface area contributed by atoms with Crippen molar-refractivity contribution in [2.45, 2.75) is 26.1 Å². The van der Waals surface area contributed by atoms with Crippen LogP contribution in [0.3, 0.4) is 0 Å². The summed E-state index contributed by atoms with van der Waals surface area (Å²) in [7, 11) is 0. The lowest BCUT2D eigenvalue weighted by Gasteiger charge is -2.38. The van der Waals surface area contributed by atoms with Gasteiger partial charge in [-0.25, -0.2) is 9.48 Å². The van der Waals surface area contributed by atoms with E-state index in [-0.39, 0.29) is 11.7 Å².